The van der Waals surface area contributed by atoms with Gasteiger partial charge >= 0.3 is 0 Å². The molecule has 1 N–H and O–H groups in total. The molecule has 0 spiro atoms. The minimum absolute atomic E-state index is 0.145. The van der Waals surface area contributed by atoms with Crippen LogP contribution in [0, 0.1) is 19.7 Å². The van der Waals surface area contributed by atoms with Gasteiger partial charge in [-0.1, -0.05) is 18.2 Å². The molecular weight excluding hydrogens is 433 g/mol. The van der Waals surface area contributed by atoms with Crippen molar-refractivity contribution in [2.24, 2.45) is 0 Å². The zero-order valence-corrected chi connectivity index (χ0v) is 19.8. The van der Waals surface area contributed by atoms with E-state index in [2.05, 4.69) is 10.3 Å². The average molecular weight is 462 g/mol. The smallest absolute Gasteiger partial charge is 0.263 e. The molecule has 1 amide bonds. The maximum Gasteiger partial charge on any atom is 0.263 e. The van der Waals surface area contributed by atoms with Crippen LogP contribution in [0.15, 0.2) is 59.7 Å². The highest BCUT2D eigenvalue weighted by molar-refractivity contribution is 5.83. The van der Waals surface area contributed by atoms with Crippen LogP contribution < -0.4 is 15.8 Å². The molecule has 7 nitrogen and oxygen atoms in total. The fraction of sp³-hybridized carbons (Fsp3) is 0.269. The summed E-state index contributed by atoms with van der Waals surface area (Å²) in [6.07, 6.45) is 1.61. The van der Waals surface area contributed by atoms with Gasteiger partial charge in [0.25, 0.3) is 5.56 Å². The van der Waals surface area contributed by atoms with Crippen LogP contribution in [0.3, 0.4) is 0 Å². The number of fused-ring (bicyclic) bond motifs is 1. The van der Waals surface area contributed by atoms with Gasteiger partial charge in [0, 0.05) is 45.0 Å². The maximum atomic E-state index is 13.8. The quantitative estimate of drug-likeness (QED) is 0.455. The minimum Gasteiger partial charge on any atom is -0.378 e. The van der Waals surface area contributed by atoms with Crippen molar-refractivity contribution in [3.05, 3.63) is 87.9 Å². The summed E-state index contributed by atoms with van der Waals surface area (Å²) >= 11 is 0. The lowest BCUT2D eigenvalue weighted by Crippen LogP contribution is -2.27. The second-order valence-corrected chi connectivity index (χ2v) is 8.56. The van der Waals surface area contributed by atoms with Crippen molar-refractivity contribution in [1.29, 1.82) is 0 Å². The van der Waals surface area contributed by atoms with Gasteiger partial charge in [-0.15, -0.1) is 0 Å². The zero-order chi connectivity index (χ0) is 24.4. The SMILES string of the molecule is Cc1c(C)n(-c2cccc(F)c2)c2ncn(CCC(=O)NCc3ccc(N(C)C)cc3)c(=O)c12. The third kappa shape index (κ3) is 4.57. The van der Waals surface area contributed by atoms with E-state index in [0.29, 0.717) is 23.3 Å². The van der Waals surface area contributed by atoms with Crippen molar-refractivity contribution in [2.45, 2.75) is 33.4 Å². The van der Waals surface area contributed by atoms with Crippen LogP contribution in [0.1, 0.15) is 23.2 Å². The molecule has 0 atom stereocenters. The molecular formula is C26H28FN5O2. The Kier molecular flexibility index (Phi) is 6.49. The monoisotopic (exact) mass is 461 g/mol. The lowest BCUT2D eigenvalue weighted by molar-refractivity contribution is -0.121. The number of rotatable bonds is 7. The summed E-state index contributed by atoms with van der Waals surface area (Å²) in [5.41, 5.74) is 4.58. The number of carbonyl (C=O) groups is 1. The van der Waals surface area contributed by atoms with Crippen LogP contribution in [0.2, 0.25) is 0 Å². The predicted molar refractivity (Wildman–Crippen MR) is 132 cm³/mol. The molecule has 0 aliphatic heterocycles. The standard InChI is InChI=1S/C26H28FN5O2/c1-17-18(2)32(22-7-5-6-20(27)14-22)25-24(17)26(34)31(16-29-25)13-12-23(33)28-15-19-8-10-21(11-9-19)30(3)4/h5-11,14,16H,12-13,15H2,1-4H3,(H,28,33). The molecule has 0 aliphatic rings. The van der Waals surface area contributed by atoms with Gasteiger partial charge in [-0.2, -0.15) is 0 Å². The van der Waals surface area contributed by atoms with Gasteiger partial charge < -0.3 is 10.2 Å². The van der Waals surface area contributed by atoms with Crippen molar-refractivity contribution >= 4 is 22.6 Å². The van der Waals surface area contributed by atoms with Crippen molar-refractivity contribution < 1.29 is 9.18 Å². The van der Waals surface area contributed by atoms with Gasteiger partial charge in [-0.25, -0.2) is 9.37 Å². The van der Waals surface area contributed by atoms with Crippen molar-refractivity contribution in [3.8, 4) is 5.69 Å². The first kappa shape index (κ1) is 23.2. The Hall–Kier alpha value is -3.94. The molecule has 8 heteroatoms. The number of anilines is 1. The number of aromatic nitrogens is 3. The summed E-state index contributed by atoms with van der Waals surface area (Å²) in [5, 5.41) is 3.38. The molecule has 4 rings (SSSR count). The van der Waals surface area contributed by atoms with Gasteiger partial charge in [0.1, 0.15) is 5.82 Å². The van der Waals surface area contributed by atoms with E-state index in [0.717, 1.165) is 22.5 Å². The maximum absolute atomic E-state index is 13.8. The highest BCUT2D eigenvalue weighted by Gasteiger charge is 2.18. The van der Waals surface area contributed by atoms with Crippen LogP contribution in [-0.4, -0.2) is 34.1 Å². The van der Waals surface area contributed by atoms with Crippen LogP contribution in [0.5, 0.6) is 0 Å². The normalized spacial score (nSPS) is 11.1. The molecule has 4 aromatic rings. The molecule has 2 aromatic heterocycles. The summed E-state index contributed by atoms with van der Waals surface area (Å²) in [5.74, 6) is -0.502. The number of carbonyl (C=O) groups excluding carboxylic acids is 1. The first-order valence-corrected chi connectivity index (χ1v) is 11.1. The van der Waals surface area contributed by atoms with E-state index in [1.807, 2.05) is 57.1 Å². The van der Waals surface area contributed by atoms with Gasteiger partial charge in [-0.3, -0.25) is 18.7 Å². The first-order valence-electron chi connectivity index (χ1n) is 11.1. The molecule has 34 heavy (non-hydrogen) atoms. The van der Waals surface area contributed by atoms with E-state index in [-0.39, 0.29) is 30.2 Å². The van der Waals surface area contributed by atoms with E-state index in [1.165, 1.54) is 23.0 Å². The Balaban J connectivity index is 1.48. The van der Waals surface area contributed by atoms with E-state index < -0.39 is 0 Å². The number of nitrogens with one attached hydrogen (secondary N) is 1. The molecule has 0 fully saturated rings. The number of amides is 1. The van der Waals surface area contributed by atoms with Gasteiger partial charge in [0.05, 0.1) is 17.4 Å². The molecule has 0 radical (unpaired) electrons. The molecule has 0 unspecified atom stereocenters. The van der Waals surface area contributed by atoms with Gasteiger partial charge in [0.15, 0.2) is 5.65 Å². The summed E-state index contributed by atoms with van der Waals surface area (Å²) in [7, 11) is 3.95. The largest absolute Gasteiger partial charge is 0.378 e. The average Bonchev–Trinajstić information content (AvgIpc) is 3.08. The van der Waals surface area contributed by atoms with E-state index in [4.69, 9.17) is 0 Å². The van der Waals surface area contributed by atoms with E-state index in [1.54, 1.807) is 16.7 Å². The van der Waals surface area contributed by atoms with E-state index in [9.17, 15) is 14.0 Å². The van der Waals surface area contributed by atoms with Gasteiger partial charge in [0.2, 0.25) is 5.91 Å². The number of halogens is 1. The topological polar surface area (TPSA) is 72.2 Å². The number of benzene rings is 2. The lowest BCUT2D eigenvalue weighted by Gasteiger charge is -2.13. The highest BCUT2D eigenvalue weighted by atomic mass is 19.1. The van der Waals surface area contributed by atoms with Crippen molar-refractivity contribution in [3.63, 3.8) is 0 Å². The lowest BCUT2D eigenvalue weighted by atomic mass is 10.2. The second-order valence-electron chi connectivity index (χ2n) is 8.56. The highest BCUT2D eigenvalue weighted by Crippen LogP contribution is 2.25. The molecule has 0 saturated carbocycles. The summed E-state index contributed by atoms with van der Waals surface area (Å²) in [6, 6.07) is 14.2. The Labute approximate surface area is 197 Å². The fourth-order valence-electron chi connectivity index (χ4n) is 4.00. The Morgan fingerprint density at radius 1 is 1.12 bits per heavy atom. The van der Waals surface area contributed by atoms with Crippen LogP contribution >= 0.6 is 0 Å². The molecule has 0 aliphatic carbocycles. The molecule has 0 bridgehead atoms. The summed E-state index contributed by atoms with van der Waals surface area (Å²) in [6.45, 7) is 4.38. The molecule has 0 saturated heterocycles. The first-order chi connectivity index (χ1) is 16.3. The third-order valence-corrected chi connectivity index (χ3v) is 6.07. The molecule has 176 valence electrons. The fourth-order valence-corrected chi connectivity index (χ4v) is 4.00. The van der Waals surface area contributed by atoms with Crippen LogP contribution in [-0.2, 0) is 17.9 Å². The Morgan fingerprint density at radius 2 is 1.85 bits per heavy atom. The third-order valence-electron chi connectivity index (χ3n) is 6.07. The summed E-state index contributed by atoms with van der Waals surface area (Å²) < 4.78 is 17.0. The van der Waals surface area contributed by atoms with Gasteiger partial charge in [-0.05, 0) is 55.3 Å². The minimum atomic E-state index is -0.357. The predicted octanol–water partition coefficient (Wildman–Crippen LogP) is 3.72. The Bertz CT molecular complexity index is 1400. The summed E-state index contributed by atoms with van der Waals surface area (Å²) in [4.78, 5) is 32.1. The zero-order valence-electron chi connectivity index (χ0n) is 19.8. The molecule has 2 aromatic carbocycles. The van der Waals surface area contributed by atoms with Crippen molar-refractivity contribution in [1.82, 2.24) is 19.4 Å². The molecule has 2 heterocycles. The number of hydrogen-bond acceptors (Lipinski definition) is 4. The Morgan fingerprint density at radius 3 is 2.53 bits per heavy atom. The van der Waals surface area contributed by atoms with Crippen LogP contribution in [0.25, 0.3) is 16.7 Å². The van der Waals surface area contributed by atoms with E-state index >= 15 is 0 Å². The number of aryl methyl sites for hydroxylation is 2. The van der Waals surface area contributed by atoms with Crippen LogP contribution in [0.4, 0.5) is 10.1 Å². The number of hydrogen-bond donors (Lipinski definition) is 1. The van der Waals surface area contributed by atoms with Crippen molar-refractivity contribution in [2.75, 3.05) is 19.0 Å². The number of nitrogens with zero attached hydrogens (tertiary/aromatic N) is 4. The second kappa shape index (κ2) is 9.51.